The van der Waals surface area contributed by atoms with Crippen LogP contribution in [0.15, 0.2) is 5.10 Å². The Balaban J connectivity index is 1.92. The van der Waals surface area contributed by atoms with Crippen molar-refractivity contribution in [1.82, 2.24) is 10.3 Å². The zero-order valence-electron chi connectivity index (χ0n) is 13.1. The Kier molecular flexibility index (Phi) is 4.81. The Morgan fingerprint density at radius 2 is 2.15 bits per heavy atom. The first-order valence-corrected chi connectivity index (χ1v) is 7.62. The summed E-state index contributed by atoms with van der Waals surface area (Å²) in [4.78, 5) is 14.0. The lowest BCUT2D eigenvalue weighted by atomic mass is 9.88. The maximum atomic E-state index is 11.7. The van der Waals surface area contributed by atoms with Crippen LogP contribution in [0.4, 0.5) is 0 Å². The van der Waals surface area contributed by atoms with Crippen LogP contribution >= 0.6 is 0 Å². The molecular formula is C15H27N3O2. The van der Waals surface area contributed by atoms with Gasteiger partial charge in [0.05, 0.1) is 17.4 Å². The van der Waals surface area contributed by atoms with Crippen LogP contribution in [0.3, 0.4) is 0 Å². The van der Waals surface area contributed by atoms with E-state index < -0.39 is 0 Å². The molecule has 0 aliphatic carbocycles. The minimum absolute atomic E-state index is 0.0102. The molecule has 0 bridgehead atoms. The number of amides is 1. The van der Waals surface area contributed by atoms with E-state index in [2.05, 4.69) is 22.5 Å². The molecule has 1 N–H and O–H groups in total. The van der Waals surface area contributed by atoms with Gasteiger partial charge in [0.1, 0.15) is 0 Å². The molecule has 2 heterocycles. The highest BCUT2D eigenvalue weighted by Crippen LogP contribution is 2.37. The van der Waals surface area contributed by atoms with Crippen LogP contribution in [0.5, 0.6) is 0 Å². The Bertz CT molecular complexity index is 385. The van der Waals surface area contributed by atoms with Gasteiger partial charge in [0.15, 0.2) is 0 Å². The Morgan fingerprint density at radius 3 is 2.75 bits per heavy atom. The number of likely N-dealkylation sites (tertiary alicyclic amines) is 1. The summed E-state index contributed by atoms with van der Waals surface area (Å²) in [5.74, 6) is 0.344. The summed E-state index contributed by atoms with van der Waals surface area (Å²) in [5.41, 5.74) is 3.61. The second kappa shape index (κ2) is 6.22. The lowest BCUT2D eigenvalue weighted by Crippen LogP contribution is -2.42. The average Bonchev–Trinajstić information content (AvgIpc) is 2.67. The Labute approximate surface area is 121 Å². The van der Waals surface area contributed by atoms with Crippen molar-refractivity contribution < 1.29 is 9.53 Å². The molecule has 2 rings (SSSR count). The fraction of sp³-hybridized carbons (Fsp3) is 0.867. The zero-order valence-corrected chi connectivity index (χ0v) is 13.1. The number of hydrogen-bond acceptors (Lipinski definition) is 4. The first-order valence-electron chi connectivity index (χ1n) is 7.62. The maximum Gasteiger partial charge on any atom is 0.240 e. The topological polar surface area (TPSA) is 53.9 Å². The third kappa shape index (κ3) is 3.79. The van der Waals surface area contributed by atoms with Crippen molar-refractivity contribution in [2.45, 2.75) is 58.2 Å². The van der Waals surface area contributed by atoms with Gasteiger partial charge in [0, 0.05) is 25.9 Å². The molecule has 2 aliphatic rings. The number of nitrogens with one attached hydrogen (secondary N) is 1. The van der Waals surface area contributed by atoms with Crippen molar-refractivity contribution in [3.05, 3.63) is 0 Å². The largest absolute Gasteiger partial charge is 0.366 e. The van der Waals surface area contributed by atoms with E-state index in [0.717, 1.165) is 38.1 Å². The molecule has 0 aromatic carbocycles. The van der Waals surface area contributed by atoms with Crippen LogP contribution in [0, 0.1) is 5.92 Å². The van der Waals surface area contributed by atoms with Gasteiger partial charge < -0.3 is 9.64 Å². The summed E-state index contributed by atoms with van der Waals surface area (Å²) in [7, 11) is 2.15. The van der Waals surface area contributed by atoms with Gasteiger partial charge in [0.2, 0.25) is 5.91 Å². The highest BCUT2D eigenvalue weighted by Gasteiger charge is 2.44. The molecule has 1 spiro atoms. The number of ether oxygens (including phenoxy) is 1. The molecule has 2 fully saturated rings. The van der Waals surface area contributed by atoms with Gasteiger partial charge in [-0.05, 0) is 32.7 Å². The third-order valence-corrected chi connectivity index (χ3v) is 4.22. The number of hydrazone groups is 1. The summed E-state index contributed by atoms with van der Waals surface area (Å²) in [6.45, 7) is 8.23. The zero-order chi connectivity index (χ0) is 14.8. The maximum absolute atomic E-state index is 11.7. The number of hydrogen-bond donors (Lipinski definition) is 1. The lowest BCUT2D eigenvalue weighted by Gasteiger charge is -2.36. The van der Waals surface area contributed by atoms with E-state index in [1.54, 1.807) is 0 Å². The molecule has 2 aliphatic heterocycles. The second-order valence-corrected chi connectivity index (χ2v) is 6.66. The van der Waals surface area contributed by atoms with Crippen LogP contribution in [0.25, 0.3) is 0 Å². The van der Waals surface area contributed by atoms with Gasteiger partial charge in [0.25, 0.3) is 0 Å². The summed E-state index contributed by atoms with van der Waals surface area (Å²) >= 11 is 0. The number of carbonyl (C=O) groups excluding carboxylic acids is 1. The molecule has 1 atom stereocenters. The highest BCUT2D eigenvalue weighted by atomic mass is 16.5. The summed E-state index contributed by atoms with van der Waals surface area (Å²) in [6, 6.07) is 0. The minimum atomic E-state index is -0.0481. The van der Waals surface area contributed by atoms with E-state index in [-0.39, 0.29) is 17.6 Å². The van der Waals surface area contributed by atoms with Gasteiger partial charge in [-0.3, -0.25) is 4.79 Å². The first-order chi connectivity index (χ1) is 9.40. The van der Waals surface area contributed by atoms with Crippen LogP contribution in [0.1, 0.15) is 46.5 Å². The van der Waals surface area contributed by atoms with Crippen LogP contribution in [-0.4, -0.2) is 48.4 Å². The summed E-state index contributed by atoms with van der Waals surface area (Å²) in [5, 5.41) is 4.30. The van der Waals surface area contributed by atoms with Crippen molar-refractivity contribution in [2.24, 2.45) is 11.0 Å². The van der Waals surface area contributed by atoms with E-state index in [9.17, 15) is 4.79 Å². The summed E-state index contributed by atoms with van der Waals surface area (Å²) in [6.07, 6.45) is 3.48. The molecule has 1 amide bonds. The summed E-state index contributed by atoms with van der Waals surface area (Å²) < 4.78 is 6.16. The van der Waals surface area contributed by atoms with Crippen LogP contribution in [0.2, 0.25) is 0 Å². The number of carbonyl (C=O) groups is 1. The van der Waals surface area contributed by atoms with Crippen molar-refractivity contribution in [3.63, 3.8) is 0 Å². The number of piperidine rings is 1. The molecule has 0 aromatic heterocycles. The molecular weight excluding hydrogens is 254 g/mol. The van der Waals surface area contributed by atoms with Gasteiger partial charge >= 0.3 is 0 Å². The molecule has 114 valence electrons. The quantitative estimate of drug-likeness (QED) is 0.802. The van der Waals surface area contributed by atoms with E-state index in [4.69, 9.17) is 4.74 Å². The average molecular weight is 281 g/mol. The fourth-order valence-electron chi connectivity index (χ4n) is 2.96. The first kappa shape index (κ1) is 15.4. The molecule has 0 aromatic rings. The normalized spacial score (nSPS) is 28.4. The number of rotatable bonds is 3. The van der Waals surface area contributed by atoms with Gasteiger partial charge in [-0.15, -0.1) is 0 Å². The van der Waals surface area contributed by atoms with E-state index in [1.807, 2.05) is 20.8 Å². The minimum Gasteiger partial charge on any atom is -0.366 e. The highest BCUT2D eigenvalue weighted by molar-refractivity contribution is 5.92. The van der Waals surface area contributed by atoms with Crippen molar-refractivity contribution in [1.29, 1.82) is 0 Å². The second-order valence-electron chi connectivity index (χ2n) is 6.66. The molecule has 1 unspecified atom stereocenters. The SMILES string of the molecule is CC(C)CC(=O)N/N=C1\CC2(CCN(C)CC2)OC1C. The fourth-order valence-corrected chi connectivity index (χ4v) is 2.96. The van der Waals surface area contributed by atoms with Crippen LogP contribution < -0.4 is 5.43 Å². The molecule has 0 saturated carbocycles. The van der Waals surface area contributed by atoms with Gasteiger partial charge in [-0.1, -0.05) is 13.8 Å². The molecule has 5 heteroatoms. The van der Waals surface area contributed by atoms with E-state index in [0.29, 0.717) is 12.3 Å². The van der Waals surface area contributed by atoms with Gasteiger partial charge in [-0.2, -0.15) is 5.10 Å². The van der Waals surface area contributed by atoms with E-state index in [1.165, 1.54) is 0 Å². The molecule has 20 heavy (non-hydrogen) atoms. The Hall–Kier alpha value is -0.940. The van der Waals surface area contributed by atoms with Crippen LogP contribution in [-0.2, 0) is 9.53 Å². The standard InChI is InChI=1S/C15H27N3O2/c1-11(2)9-14(19)17-16-13-10-15(20-12(13)3)5-7-18(4)8-6-15/h11-12H,5-10H2,1-4H3,(H,17,19)/b16-13+. The monoisotopic (exact) mass is 281 g/mol. The van der Waals surface area contributed by atoms with Gasteiger partial charge in [-0.25, -0.2) is 5.43 Å². The molecule has 2 saturated heterocycles. The van der Waals surface area contributed by atoms with Crippen molar-refractivity contribution in [3.8, 4) is 0 Å². The number of nitrogens with zero attached hydrogens (tertiary/aromatic N) is 2. The molecule has 5 nitrogen and oxygen atoms in total. The van der Waals surface area contributed by atoms with E-state index >= 15 is 0 Å². The van der Waals surface area contributed by atoms with Crippen molar-refractivity contribution >= 4 is 11.6 Å². The third-order valence-electron chi connectivity index (χ3n) is 4.22. The Morgan fingerprint density at radius 1 is 1.50 bits per heavy atom. The predicted octanol–water partition coefficient (Wildman–Crippen LogP) is 1.78. The molecule has 0 radical (unpaired) electrons. The van der Waals surface area contributed by atoms with Crippen molar-refractivity contribution in [2.75, 3.05) is 20.1 Å². The lowest BCUT2D eigenvalue weighted by molar-refractivity contribution is -0.121. The smallest absolute Gasteiger partial charge is 0.240 e. The predicted molar refractivity (Wildman–Crippen MR) is 79.7 cm³/mol.